The predicted molar refractivity (Wildman–Crippen MR) is 63.4 cm³/mol. The fourth-order valence-corrected chi connectivity index (χ4v) is 1.53. The second-order valence-corrected chi connectivity index (χ2v) is 4.11. The van der Waals surface area contributed by atoms with Gasteiger partial charge in [-0.1, -0.05) is 24.3 Å². The van der Waals surface area contributed by atoms with E-state index in [2.05, 4.69) is 6.58 Å². The number of carbonyl (C=O) groups excluding carboxylic acids is 1. The predicted octanol–water partition coefficient (Wildman–Crippen LogP) is 3.11. The van der Waals surface area contributed by atoms with E-state index in [1.54, 1.807) is 6.08 Å². The highest BCUT2D eigenvalue weighted by Gasteiger charge is 2.14. The number of Topliss-reactive ketones (excluding diaryl/α,β-unsaturated/α-hetero) is 1. The summed E-state index contributed by atoms with van der Waals surface area (Å²) in [5.74, 6) is -0.573. The van der Waals surface area contributed by atoms with Crippen LogP contribution in [0, 0.1) is 0 Å². The Morgan fingerprint density at radius 3 is 2.88 bits per heavy atom. The molecule has 2 nitrogen and oxygen atoms in total. The lowest BCUT2D eigenvalue weighted by Gasteiger charge is -2.08. The van der Waals surface area contributed by atoms with E-state index in [0.29, 0.717) is 16.8 Å². The van der Waals surface area contributed by atoms with Gasteiger partial charge in [-0.3, -0.25) is 4.79 Å². The molecule has 0 aliphatic heterocycles. The molecule has 1 rings (SSSR count). The lowest BCUT2D eigenvalue weighted by Crippen LogP contribution is -2.05. The van der Waals surface area contributed by atoms with Crippen LogP contribution in [0.4, 0.5) is 4.39 Å². The minimum Gasteiger partial charge on any atom is -0.398 e. The number of carbonyl (C=O) groups is 1. The van der Waals surface area contributed by atoms with Crippen molar-refractivity contribution in [2.24, 2.45) is 5.73 Å². The average Bonchev–Trinajstić information content (AvgIpc) is 2.30. The second kappa shape index (κ2) is 5.12. The van der Waals surface area contributed by atoms with Crippen LogP contribution < -0.4 is 5.73 Å². The van der Waals surface area contributed by atoms with Crippen LogP contribution in [0.5, 0.6) is 0 Å². The van der Waals surface area contributed by atoms with Gasteiger partial charge in [-0.15, -0.1) is 0 Å². The van der Waals surface area contributed by atoms with E-state index in [1.165, 1.54) is 13.0 Å². The van der Waals surface area contributed by atoms with Gasteiger partial charge < -0.3 is 5.73 Å². The Morgan fingerprint density at radius 2 is 2.31 bits per heavy atom. The highest BCUT2D eigenvalue weighted by Crippen LogP contribution is 2.28. The molecule has 86 valence electrons. The number of nitrogens with two attached hydrogens (primary N) is 1. The van der Waals surface area contributed by atoms with Crippen molar-refractivity contribution in [3.05, 3.63) is 46.4 Å². The molecule has 16 heavy (non-hydrogen) atoms. The maximum atomic E-state index is 13.4. The van der Waals surface area contributed by atoms with Gasteiger partial charge >= 0.3 is 0 Å². The van der Waals surface area contributed by atoms with Crippen molar-refractivity contribution >= 4 is 17.4 Å². The molecule has 0 fully saturated rings. The number of rotatable bonds is 3. The summed E-state index contributed by atoms with van der Waals surface area (Å²) in [7, 11) is 0. The standard InChI is InChI=1S/C12H13ClFNO/c1-7(5-8(2)16)9-6-11(14)10(13)3-4-12(9)15/h4,6H,1,3,5,15H2,2H3. The zero-order valence-electron chi connectivity index (χ0n) is 9.02. The molecule has 0 aromatic heterocycles. The molecule has 0 aromatic carbocycles. The highest BCUT2D eigenvalue weighted by atomic mass is 35.5. The molecule has 0 aromatic rings. The third-order valence-electron chi connectivity index (χ3n) is 2.19. The molecule has 0 saturated carbocycles. The van der Waals surface area contributed by atoms with Crippen LogP contribution in [0.2, 0.25) is 0 Å². The summed E-state index contributed by atoms with van der Waals surface area (Å²) in [5.41, 5.74) is 7.10. The van der Waals surface area contributed by atoms with Crippen LogP contribution in [0.15, 0.2) is 46.4 Å². The molecule has 0 saturated heterocycles. The third kappa shape index (κ3) is 3.07. The first-order valence-corrected chi connectivity index (χ1v) is 5.19. The number of hydrogen-bond donors (Lipinski definition) is 1. The quantitative estimate of drug-likeness (QED) is 0.825. The molecule has 0 heterocycles. The molecule has 0 bridgehead atoms. The first kappa shape index (κ1) is 12.7. The first-order valence-electron chi connectivity index (χ1n) is 4.81. The molecule has 4 heteroatoms. The van der Waals surface area contributed by atoms with Crippen LogP contribution in [0.1, 0.15) is 19.8 Å². The van der Waals surface area contributed by atoms with Crippen molar-refractivity contribution in [1.82, 2.24) is 0 Å². The van der Waals surface area contributed by atoms with Gasteiger partial charge in [-0.25, -0.2) is 4.39 Å². The molecule has 0 radical (unpaired) electrons. The summed E-state index contributed by atoms with van der Waals surface area (Å²) in [6.45, 7) is 5.17. The Balaban J connectivity index is 3.05. The summed E-state index contributed by atoms with van der Waals surface area (Å²) >= 11 is 5.68. The van der Waals surface area contributed by atoms with Gasteiger partial charge in [-0.05, 0) is 18.6 Å². The molecule has 0 spiro atoms. The van der Waals surface area contributed by atoms with E-state index < -0.39 is 5.83 Å². The van der Waals surface area contributed by atoms with Crippen LogP contribution in [0.3, 0.4) is 0 Å². The lowest BCUT2D eigenvalue weighted by atomic mass is 9.99. The Bertz CT molecular complexity index is 432. The van der Waals surface area contributed by atoms with E-state index in [4.69, 9.17) is 17.3 Å². The number of halogens is 2. The van der Waals surface area contributed by atoms with Crippen molar-refractivity contribution in [2.75, 3.05) is 0 Å². The van der Waals surface area contributed by atoms with Crippen molar-refractivity contribution in [2.45, 2.75) is 19.8 Å². The number of ketones is 1. The molecule has 0 atom stereocenters. The van der Waals surface area contributed by atoms with Gasteiger partial charge in [0.15, 0.2) is 0 Å². The fraction of sp³-hybridized carbons (Fsp3) is 0.250. The summed E-state index contributed by atoms with van der Waals surface area (Å²) in [6, 6.07) is 0. The third-order valence-corrected chi connectivity index (χ3v) is 2.52. The summed E-state index contributed by atoms with van der Waals surface area (Å²) in [5, 5.41) is 0.105. The smallest absolute Gasteiger partial charge is 0.138 e. The molecule has 0 unspecified atom stereocenters. The van der Waals surface area contributed by atoms with Crippen molar-refractivity contribution in [1.29, 1.82) is 0 Å². The second-order valence-electron chi connectivity index (χ2n) is 3.66. The van der Waals surface area contributed by atoms with Crippen LogP contribution in [-0.4, -0.2) is 5.78 Å². The van der Waals surface area contributed by atoms with E-state index in [1.807, 2.05) is 0 Å². The molecular formula is C12H13ClFNO. The van der Waals surface area contributed by atoms with Crippen molar-refractivity contribution in [3.63, 3.8) is 0 Å². The zero-order valence-corrected chi connectivity index (χ0v) is 9.77. The zero-order chi connectivity index (χ0) is 12.3. The SMILES string of the molecule is C=C(CC(C)=O)C1=CC(F)=C(Cl)CC=C1N. The summed E-state index contributed by atoms with van der Waals surface area (Å²) in [4.78, 5) is 11.0. The van der Waals surface area contributed by atoms with Gasteiger partial charge in [0.1, 0.15) is 11.6 Å². The summed E-state index contributed by atoms with van der Waals surface area (Å²) in [6.07, 6.45) is 3.26. The molecular weight excluding hydrogens is 229 g/mol. The summed E-state index contributed by atoms with van der Waals surface area (Å²) < 4.78 is 13.4. The van der Waals surface area contributed by atoms with Gasteiger partial charge in [0.05, 0.1) is 5.03 Å². The minimum absolute atomic E-state index is 0.0431. The van der Waals surface area contributed by atoms with Crippen molar-refractivity contribution < 1.29 is 9.18 Å². The normalized spacial score (nSPS) is 16.4. The molecule has 1 aliphatic rings. The lowest BCUT2D eigenvalue weighted by molar-refractivity contribution is -0.116. The van der Waals surface area contributed by atoms with E-state index in [0.717, 1.165) is 0 Å². The van der Waals surface area contributed by atoms with Gasteiger partial charge in [0.25, 0.3) is 0 Å². The van der Waals surface area contributed by atoms with Crippen LogP contribution >= 0.6 is 11.6 Å². The molecule has 2 N–H and O–H groups in total. The maximum absolute atomic E-state index is 13.4. The van der Waals surface area contributed by atoms with Gasteiger partial charge in [-0.2, -0.15) is 0 Å². The van der Waals surface area contributed by atoms with E-state index in [-0.39, 0.29) is 23.7 Å². The maximum Gasteiger partial charge on any atom is 0.138 e. The van der Waals surface area contributed by atoms with E-state index >= 15 is 0 Å². The molecule has 1 aliphatic carbocycles. The largest absolute Gasteiger partial charge is 0.398 e. The fourth-order valence-electron chi connectivity index (χ4n) is 1.40. The Hall–Kier alpha value is -1.35. The van der Waals surface area contributed by atoms with Gasteiger partial charge in [0.2, 0.25) is 0 Å². The Morgan fingerprint density at radius 1 is 1.69 bits per heavy atom. The Kier molecular flexibility index (Phi) is 4.07. The van der Waals surface area contributed by atoms with Gasteiger partial charge in [0, 0.05) is 24.1 Å². The van der Waals surface area contributed by atoms with E-state index in [9.17, 15) is 9.18 Å². The van der Waals surface area contributed by atoms with Crippen molar-refractivity contribution in [3.8, 4) is 0 Å². The Labute approximate surface area is 99.0 Å². The number of hydrogen-bond acceptors (Lipinski definition) is 2. The number of allylic oxidation sites excluding steroid dienone is 5. The van der Waals surface area contributed by atoms with Crippen LogP contribution in [-0.2, 0) is 4.79 Å². The monoisotopic (exact) mass is 241 g/mol. The first-order chi connectivity index (χ1) is 7.41. The van der Waals surface area contributed by atoms with Crippen LogP contribution in [0.25, 0.3) is 0 Å². The minimum atomic E-state index is -0.530. The topological polar surface area (TPSA) is 43.1 Å². The molecule has 0 amide bonds. The highest BCUT2D eigenvalue weighted by molar-refractivity contribution is 6.30. The average molecular weight is 242 g/mol.